The van der Waals surface area contributed by atoms with Crippen LogP contribution in [0.2, 0.25) is 10.0 Å². The van der Waals surface area contributed by atoms with Crippen LogP contribution in [0, 0.1) is 11.3 Å². The van der Waals surface area contributed by atoms with Crippen molar-refractivity contribution < 1.29 is 9.84 Å². The van der Waals surface area contributed by atoms with Gasteiger partial charge in [0.1, 0.15) is 18.4 Å². The van der Waals surface area contributed by atoms with E-state index in [1.54, 1.807) is 54.7 Å². The first kappa shape index (κ1) is 20.8. The lowest BCUT2D eigenvalue weighted by molar-refractivity contribution is 0.201. The number of hydrogen-bond donors (Lipinski definition) is 2. The predicted molar refractivity (Wildman–Crippen MR) is 120 cm³/mol. The molecule has 0 spiro atoms. The van der Waals surface area contributed by atoms with Crippen molar-refractivity contribution >= 4 is 45.9 Å². The molecule has 4 aromatic rings. The Hall–Kier alpha value is -3.44. The fraction of sp³-hybridized carbons (Fsp3) is 0.0909. The summed E-state index contributed by atoms with van der Waals surface area (Å²) in [7, 11) is 0. The maximum atomic E-state index is 9.63. The first-order chi connectivity index (χ1) is 15.1. The van der Waals surface area contributed by atoms with Gasteiger partial charge in [-0.3, -0.25) is 0 Å². The molecule has 154 valence electrons. The van der Waals surface area contributed by atoms with Gasteiger partial charge in [0.2, 0.25) is 5.95 Å². The van der Waals surface area contributed by atoms with Crippen LogP contribution in [0.15, 0.2) is 54.7 Å². The second kappa shape index (κ2) is 9.14. The van der Waals surface area contributed by atoms with Crippen molar-refractivity contribution in [2.45, 2.75) is 0 Å². The summed E-state index contributed by atoms with van der Waals surface area (Å²) in [5.74, 6) is 0.974. The van der Waals surface area contributed by atoms with Gasteiger partial charge in [-0.15, -0.1) is 0 Å². The van der Waals surface area contributed by atoms with Crippen molar-refractivity contribution in [1.29, 1.82) is 5.26 Å². The molecule has 9 heteroatoms. The maximum absolute atomic E-state index is 9.63. The largest absolute Gasteiger partial charge is 0.491 e. The number of nitrogens with one attached hydrogen (secondary N) is 1. The maximum Gasteiger partial charge on any atom is 0.229 e. The zero-order valence-corrected chi connectivity index (χ0v) is 17.5. The fourth-order valence-corrected chi connectivity index (χ4v) is 3.58. The molecule has 2 N–H and O–H groups in total. The van der Waals surface area contributed by atoms with Gasteiger partial charge in [0.05, 0.1) is 6.61 Å². The summed E-state index contributed by atoms with van der Waals surface area (Å²) in [5, 5.41) is 23.0. The molecule has 0 fully saturated rings. The van der Waals surface area contributed by atoms with Crippen LogP contribution in [-0.2, 0) is 0 Å². The Morgan fingerprint density at radius 2 is 1.81 bits per heavy atom. The molecule has 0 bridgehead atoms. The van der Waals surface area contributed by atoms with Gasteiger partial charge in [0.15, 0.2) is 11.3 Å². The number of ether oxygens (including phenoxy) is 1. The number of aliphatic hydroxyl groups is 1. The number of aromatic nitrogens is 3. The summed E-state index contributed by atoms with van der Waals surface area (Å²) >= 11 is 12.6. The average molecular weight is 452 g/mol. The van der Waals surface area contributed by atoms with Crippen LogP contribution >= 0.6 is 23.2 Å². The van der Waals surface area contributed by atoms with Crippen molar-refractivity contribution in [3.63, 3.8) is 0 Å². The number of fused-ring (bicyclic) bond motifs is 1. The molecule has 31 heavy (non-hydrogen) atoms. The third-order valence-electron chi connectivity index (χ3n) is 4.38. The zero-order valence-electron chi connectivity index (χ0n) is 16.0. The van der Waals surface area contributed by atoms with Crippen molar-refractivity contribution in [1.82, 2.24) is 15.0 Å². The van der Waals surface area contributed by atoms with Crippen molar-refractivity contribution in [2.75, 3.05) is 18.5 Å². The quantitative estimate of drug-likeness (QED) is 0.425. The molecule has 0 unspecified atom stereocenters. The van der Waals surface area contributed by atoms with Gasteiger partial charge in [-0.2, -0.15) is 10.2 Å². The third kappa shape index (κ3) is 4.52. The molecule has 0 amide bonds. The molecule has 7 nitrogen and oxygen atoms in total. The number of halogens is 2. The highest BCUT2D eigenvalue weighted by Crippen LogP contribution is 2.37. The van der Waals surface area contributed by atoms with E-state index in [1.165, 1.54) is 0 Å². The predicted octanol–water partition coefficient (Wildman–Crippen LogP) is 4.98. The van der Waals surface area contributed by atoms with E-state index < -0.39 is 0 Å². The fourth-order valence-electron chi connectivity index (χ4n) is 2.98. The zero-order chi connectivity index (χ0) is 21.8. The number of benzene rings is 2. The van der Waals surface area contributed by atoms with E-state index >= 15 is 0 Å². The Bertz CT molecular complexity index is 1270. The van der Waals surface area contributed by atoms with E-state index in [-0.39, 0.29) is 18.9 Å². The lowest BCUT2D eigenvalue weighted by Gasteiger charge is -2.11. The summed E-state index contributed by atoms with van der Waals surface area (Å²) < 4.78 is 5.34. The first-order valence-electron chi connectivity index (χ1n) is 9.22. The minimum atomic E-state index is -0.0486. The molecule has 2 heterocycles. The Balaban J connectivity index is 1.66. The number of pyridine rings is 1. The molecular weight excluding hydrogens is 437 g/mol. The molecule has 0 saturated carbocycles. The summed E-state index contributed by atoms with van der Waals surface area (Å²) in [6.07, 6.45) is 1.62. The van der Waals surface area contributed by atoms with Gasteiger partial charge in [0, 0.05) is 38.4 Å². The molecule has 2 aromatic heterocycles. The molecule has 4 rings (SSSR count). The monoisotopic (exact) mass is 451 g/mol. The second-order valence-electron chi connectivity index (χ2n) is 6.42. The number of nitrogens with zero attached hydrogens (tertiary/aromatic N) is 4. The Morgan fingerprint density at radius 1 is 1.06 bits per heavy atom. The van der Waals surface area contributed by atoms with E-state index in [4.69, 9.17) is 33.0 Å². The van der Waals surface area contributed by atoms with Gasteiger partial charge in [0.25, 0.3) is 0 Å². The summed E-state index contributed by atoms with van der Waals surface area (Å²) in [5.41, 5.74) is 2.34. The van der Waals surface area contributed by atoms with E-state index in [1.807, 2.05) is 0 Å². The molecule has 2 aromatic carbocycles. The van der Waals surface area contributed by atoms with Crippen molar-refractivity contribution in [2.24, 2.45) is 0 Å². The topological polar surface area (TPSA) is 104 Å². The number of rotatable bonds is 6. The van der Waals surface area contributed by atoms with Gasteiger partial charge < -0.3 is 15.2 Å². The second-order valence-corrected chi connectivity index (χ2v) is 7.24. The highest BCUT2D eigenvalue weighted by Gasteiger charge is 2.16. The average Bonchev–Trinajstić information content (AvgIpc) is 2.78. The van der Waals surface area contributed by atoms with Gasteiger partial charge in [-0.05, 0) is 42.5 Å². The van der Waals surface area contributed by atoms with E-state index in [0.29, 0.717) is 43.9 Å². The highest BCUT2D eigenvalue weighted by atomic mass is 35.5. The Labute approximate surface area is 187 Å². The van der Waals surface area contributed by atoms with Crippen LogP contribution in [0.1, 0.15) is 5.69 Å². The SMILES string of the molecule is N#Cc1nc2nc(Nc3ccc(OCCO)cc3)ncc2cc1-c1c(Cl)cccc1Cl. The standard InChI is InChI=1S/C22H15Cl2N5O2/c23-17-2-1-3-18(24)20(17)16-10-13-12-26-22(29-21(13)28-19(16)11-25)27-14-4-6-15(7-5-14)31-9-8-30/h1-7,10,12,30H,8-9H2,(H,26,27,28,29). The number of aliphatic hydroxyl groups excluding tert-OH is 1. The van der Waals surface area contributed by atoms with Crippen LogP contribution in [-0.4, -0.2) is 33.3 Å². The first-order valence-corrected chi connectivity index (χ1v) is 9.97. The molecule has 0 aliphatic rings. The highest BCUT2D eigenvalue weighted by molar-refractivity contribution is 6.39. The normalized spacial score (nSPS) is 10.6. The van der Waals surface area contributed by atoms with Crippen LogP contribution in [0.4, 0.5) is 11.6 Å². The summed E-state index contributed by atoms with van der Waals surface area (Å²) in [6, 6.07) is 16.1. The molecule has 0 saturated heterocycles. The molecular formula is C22H15Cl2N5O2. The van der Waals surface area contributed by atoms with Crippen LogP contribution in [0.5, 0.6) is 5.75 Å². The Morgan fingerprint density at radius 3 is 2.48 bits per heavy atom. The van der Waals surface area contributed by atoms with E-state index in [9.17, 15) is 5.26 Å². The lowest BCUT2D eigenvalue weighted by Crippen LogP contribution is -2.02. The molecule has 0 aliphatic carbocycles. The molecule has 0 radical (unpaired) electrons. The number of hydrogen-bond acceptors (Lipinski definition) is 7. The van der Waals surface area contributed by atoms with Crippen LogP contribution in [0.3, 0.4) is 0 Å². The minimum absolute atomic E-state index is 0.0486. The Kier molecular flexibility index (Phi) is 6.14. The van der Waals surface area contributed by atoms with Crippen LogP contribution in [0.25, 0.3) is 22.2 Å². The third-order valence-corrected chi connectivity index (χ3v) is 5.01. The van der Waals surface area contributed by atoms with Gasteiger partial charge >= 0.3 is 0 Å². The number of anilines is 2. The minimum Gasteiger partial charge on any atom is -0.491 e. The van der Waals surface area contributed by atoms with Gasteiger partial charge in [-0.25, -0.2) is 9.97 Å². The van der Waals surface area contributed by atoms with Gasteiger partial charge in [-0.1, -0.05) is 29.3 Å². The van der Waals surface area contributed by atoms with Crippen molar-refractivity contribution in [3.8, 4) is 22.9 Å². The van der Waals surface area contributed by atoms with Crippen LogP contribution < -0.4 is 10.1 Å². The number of nitriles is 1. The summed E-state index contributed by atoms with van der Waals surface area (Å²) in [6.45, 7) is 0.182. The van der Waals surface area contributed by atoms with Crippen molar-refractivity contribution in [3.05, 3.63) is 70.5 Å². The summed E-state index contributed by atoms with van der Waals surface area (Å²) in [4.78, 5) is 13.1. The van der Waals surface area contributed by atoms with E-state index in [2.05, 4.69) is 26.3 Å². The smallest absolute Gasteiger partial charge is 0.229 e. The van der Waals surface area contributed by atoms with E-state index in [0.717, 1.165) is 5.69 Å². The molecule has 0 aliphatic heterocycles. The molecule has 0 atom stereocenters. The lowest BCUT2D eigenvalue weighted by atomic mass is 10.0.